The van der Waals surface area contributed by atoms with E-state index >= 15 is 0 Å². The normalized spacial score (nSPS) is 11.7. The lowest BCUT2D eigenvalue weighted by Gasteiger charge is -2.31. The average molecular weight is 525 g/mol. The molecule has 198 valence electrons. The van der Waals surface area contributed by atoms with Crippen molar-refractivity contribution in [3.05, 3.63) is 41.0 Å². The van der Waals surface area contributed by atoms with E-state index in [1.54, 1.807) is 52.0 Å². The largest absolute Gasteiger partial charge is 0.462 e. The number of nitrogen functional groups attached to an aromatic ring is 1. The molecule has 2 N–H and O–H groups in total. The Morgan fingerprint density at radius 2 is 1.33 bits per heavy atom. The second-order valence-corrected chi connectivity index (χ2v) is 8.36. The topological polar surface area (TPSA) is 144 Å². The van der Waals surface area contributed by atoms with Crippen molar-refractivity contribution in [1.29, 1.82) is 0 Å². The van der Waals surface area contributed by atoms with Crippen LogP contribution in [0.3, 0.4) is 0 Å². The second-order valence-electron chi connectivity index (χ2n) is 7.42. The van der Waals surface area contributed by atoms with Gasteiger partial charge in [0.05, 0.1) is 49.7 Å². The van der Waals surface area contributed by atoms with Crippen LogP contribution in [0, 0.1) is 0 Å². The standard InChI is InChI=1S/C24H33N2O9P/c1-6-31-22(28)19-16-12-10-15(11-13-17(16)20(21(19)25)23(29)32-7-2)14-18(27)26(5)35-24(36-30,33-8-3)34-9-4/h10-13H,6-9,14,25,36H2,1-5H3. The van der Waals surface area contributed by atoms with E-state index in [0.29, 0.717) is 16.7 Å². The van der Waals surface area contributed by atoms with E-state index in [4.69, 9.17) is 29.5 Å². The highest BCUT2D eigenvalue weighted by atomic mass is 31.1. The maximum atomic E-state index is 12.9. The zero-order chi connectivity index (χ0) is 26.9. The molecular formula is C24H33N2O9P. The minimum atomic E-state index is -1.84. The molecule has 1 amide bonds. The molecule has 0 heterocycles. The van der Waals surface area contributed by atoms with Crippen LogP contribution in [0.1, 0.15) is 54.0 Å². The van der Waals surface area contributed by atoms with E-state index in [9.17, 15) is 18.9 Å². The number of nitrogens with zero attached hydrogens (tertiary/aromatic N) is 1. The summed E-state index contributed by atoms with van der Waals surface area (Å²) in [6.45, 7) is 7.27. The summed E-state index contributed by atoms with van der Waals surface area (Å²) in [5.41, 5.74) is 5.74. The molecule has 0 radical (unpaired) electrons. The maximum Gasteiger partial charge on any atom is 0.353 e. The van der Waals surface area contributed by atoms with Gasteiger partial charge in [0.1, 0.15) is 0 Å². The number of esters is 2. The molecule has 2 rings (SSSR count). The molecule has 0 aromatic carbocycles. The minimum absolute atomic E-state index is 0.0258. The molecule has 0 aliphatic heterocycles. The Morgan fingerprint density at radius 3 is 1.72 bits per heavy atom. The summed E-state index contributed by atoms with van der Waals surface area (Å²) in [6.07, 6.45) is -0.116. The number of hydrogen-bond donors (Lipinski definition) is 1. The fourth-order valence-electron chi connectivity index (χ4n) is 3.55. The summed E-state index contributed by atoms with van der Waals surface area (Å²) in [6, 6.07) is 6.44. The first kappa shape index (κ1) is 29.3. The molecule has 2 aliphatic carbocycles. The van der Waals surface area contributed by atoms with E-state index in [0.717, 1.165) is 5.06 Å². The number of ether oxygens (including phenoxy) is 4. The van der Waals surface area contributed by atoms with E-state index in [-0.39, 0.29) is 49.7 Å². The average Bonchev–Trinajstić information content (AvgIpc) is 2.97. The van der Waals surface area contributed by atoms with Crippen LogP contribution in [0.4, 0.5) is 5.69 Å². The van der Waals surface area contributed by atoms with Crippen molar-refractivity contribution in [3.63, 3.8) is 0 Å². The third-order valence-electron chi connectivity index (χ3n) is 5.06. The Morgan fingerprint density at radius 1 is 0.861 bits per heavy atom. The molecule has 0 bridgehead atoms. The maximum absolute atomic E-state index is 12.9. The fraction of sp³-hybridized carbons (Fsp3) is 0.458. The number of carbonyl (C=O) groups is 3. The third kappa shape index (κ3) is 6.61. The Bertz CT molecular complexity index is 1010. The highest BCUT2D eigenvalue weighted by molar-refractivity contribution is 7.25. The highest BCUT2D eigenvalue weighted by Crippen LogP contribution is 2.39. The van der Waals surface area contributed by atoms with Crippen LogP contribution >= 0.6 is 8.46 Å². The van der Waals surface area contributed by atoms with Gasteiger partial charge in [-0.2, -0.15) is 0 Å². The molecule has 12 heteroatoms. The Kier molecular flexibility index (Phi) is 10.9. The van der Waals surface area contributed by atoms with Crippen molar-refractivity contribution in [2.75, 3.05) is 39.2 Å². The quantitative estimate of drug-likeness (QED) is 0.180. The number of anilines is 1. The van der Waals surface area contributed by atoms with Gasteiger partial charge < -0.3 is 29.2 Å². The van der Waals surface area contributed by atoms with Gasteiger partial charge in [0.15, 0.2) is 8.46 Å². The molecule has 0 fully saturated rings. The van der Waals surface area contributed by atoms with Gasteiger partial charge in [0, 0.05) is 7.05 Å². The minimum Gasteiger partial charge on any atom is -0.462 e. The number of rotatable bonds is 13. The predicted octanol–water partition coefficient (Wildman–Crippen LogP) is 3.10. The van der Waals surface area contributed by atoms with E-state index < -0.39 is 32.0 Å². The van der Waals surface area contributed by atoms with Crippen molar-refractivity contribution in [1.82, 2.24) is 5.06 Å². The number of hydrogen-bond acceptors (Lipinski definition) is 10. The Balaban J connectivity index is 2.42. The van der Waals surface area contributed by atoms with Crippen LogP contribution in [0.15, 0.2) is 24.3 Å². The first-order valence-electron chi connectivity index (χ1n) is 11.6. The summed E-state index contributed by atoms with van der Waals surface area (Å²) in [5.74, 6) is -1.82. The van der Waals surface area contributed by atoms with Gasteiger partial charge in [-0.1, -0.05) is 24.3 Å². The van der Waals surface area contributed by atoms with Crippen LogP contribution < -0.4 is 5.73 Å². The van der Waals surface area contributed by atoms with E-state index in [2.05, 4.69) is 0 Å². The molecule has 0 saturated heterocycles. The lowest BCUT2D eigenvalue weighted by atomic mass is 10.1. The molecule has 2 aliphatic rings. The number of amides is 1. The van der Waals surface area contributed by atoms with Gasteiger partial charge in [-0.3, -0.25) is 4.79 Å². The van der Waals surface area contributed by atoms with E-state index in [1.165, 1.54) is 7.05 Å². The van der Waals surface area contributed by atoms with Crippen LogP contribution in [-0.4, -0.2) is 62.1 Å². The smallest absolute Gasteiger partial charge is 0.353 e. The SMILES string of the molecule is CCOC(=O)c1c2ccc(CC(=O)N(C)OC(OCC)(OCC)[PH2]=O)ccc-2c(C(=O)OCC)c1N. The molecule has 1 atom stereocenters. The van der Waals surface area contributed by atoms with Crippen molar-refractivity contribution >= 4 is 32.0 Å². The first-order chi connectivity index (χ1) is 17.2. The Hall–Kier alpha value is -2.98. The monoisotopic (exact) mass is 524 g/mol. The summed E-state index contributed by atoms with van der Waals surface area (Å²) in [7, 11) is -0.322. The highest BCUT2D eigenvalue weighted by Gasteiger charge is 2.36. The summed E-state index contributed by atoms with van der Waals surface area (Å²) < 4.78 is 32.7. The number of carbonyl (C=O) groups excluding carboxylic acids is 3. The molecule has 11 nitrogen and oxygen atoms in total. The number of likely N-dealkylation sites (N-methyl/N-ethyl adjacent to an activating group) is 1. The van der Waals surface area contributed by atoms with Crippen LogP contribution in [-0.2, 0) is 39.6 Å². The predicted molar refractivity (Wildman–Crippen MR) is 133 cm³/mol. The van der Waals surface area contributed by atoms with E-state index in [1.807, 2.05) is 0 Å². The summed E-state index contributed by atoms with van der Waals surface area (Å²) in [4.78, 5) is 43.6. The van der Waals surface area contributed by atoms with Gasteiger partial charge in [0.25, 0.3) is 0 Å². The Labute approximate surface area is 211 Å². The number of fused-ring (bicyclic) bond motifs is 1. The lowest BCUT2D eigenvalue weighted by molar-refractivity contribution is -0.383. The lowest BCUT2D eigenvalue weighted by Crippen LogP contribution is -2.42. The van der Waals surface area contributed by atoms with Crippen LogP contribution in [0.5, 0.6) is 0 Å². The van der Waals surface area contributed by atoms with Crippen molar-refractivity contribution < 1.29 is 42.7 Å². The van der Waals surface area contributed by atoms with Crippen molar-refractivity contribution in [3.8, 4) is 11.1 Å². The third-order valence-corrected chi connectivity index (χ3v) is 5.79. The molecule has 1 unspecified atom stereocenters. The zero-order valence-electron chi connectivity index (χ0n) is 21.1. The van der Waals surface area contributed by atoms with Gasteiger partial charge in [0.2, 0.25) is 5.91 Å². The van der Waals surface area contributed by atoms with Gasteiger partial charge in [-0.15, -0.1) is 0 Å². The van der Waals surface area contributed by atoms with Gasteiger partial charge in [-0.05, 0) is 44.4 Å². The summed E-state index contributed by atoms with van der Waals surface area (Å²) in [5, 5.41) is 0.912. The molecule has 0 spiro atoms. The van der Waals surface area contributed by atoms with Crippen molar-refractivity contribution in [2.24, 2.45) is 0 Å². The van der Waals surface area contributed by atoms with Crippen LogP contribution in [0.2, 0.25) is 0 Å². The van der Waals surface area contributed by atoms with Gasteiger partial charge >= 0.3 is 17.7 Å². The molecule has 36 heavy (non-hydrogen) atoms. The summed E-state index contributed by atoms with van der Waals surface area (Å²) >= 11 is 0. The zero-order valence-corrected chi connectivity index (χ0v) is 22.3. The number of hydroxylamine groups is 2. The van der Waals surface area contributed by atoms with Crippen LogP contribution in [0.25, 0.3) is 11.1 Å². The molecule has 0 saturated carbocycles. The second kappa shape index (κ2) is 13.4. The number of nitrogens with two attached hydrogens (primary N) is 1. The first-order valence-corrected chi connectivity index (χ1v) is 12.6. The van der Waals surface area contributed by atoms with Crippen molar-refractivity contribution in [2.45, 2.75) is 39.8 Å². The molecule has 0 aromatic heterocycles. The van der Waals surface area contributed by atoms with Gasteiger partial charge in [-0.25, -0.2) is 19.5 Å². The fourth-order valence-corrected chi connectivity index (χ4v) is 4.22. The molecule has 0 aromatic rings. The molecular weight excluding hydrogens is 491 g/mol.